The smallest absolute Gasteiger partial charge is 0.411 e. The molecule has 7 nitrogen and oxygen atoms in total. The van der Waals surface area contributed by atoms with Crippen molar-refractivity contribution >= 4 is 29.5 Å². The maximum Gasteiger partial charge on any atom is 0.411 e. The molecule has 2 amide bonds. The third-order valence-corrected chi connectivity index (χ3v) is 4.16. The van der Waals surface area contributed by atoms with E-state index in [4.69, 9.17) is 26.3 Å². The van der Waals surface area contributed by atoms with Crippen molar-refractivity contribution < 1.29 is 19.1 Å². The largest absolute Gasteiger partial charge is 0.449 e. The minimum absolute atomic E-state index is 0.166. The van der Waals surface area contributed by atoms with Crippen LogP contribution in [0.5, 0.6) is 0 Å². The fourth-order valence-electron chi connectivity index (χ4n) is 2.80. The summed E-state index contributed by atoms with van der Waals surface area (Å²) in [5, 5.41) is 11.8. The molecular weight excluding hydrogens is 370 g/mol. The molecule has 0 radical (unpaired) electrons. The molecule has 1 atom stereocenters. The number of hydrogen-bond acceptors (Lipinski definition) is 5. The van der Waals surface area contributed by atoms with E-state index < -0.39 is 17.8 Å². The van der Waals surface area contributed by atoms with E-state index in [1.807, 2.05) is 6.07 Å². The molecule has 8 heteroatoms. The summed E-state index contributed by atoms with van der Waals surface area (Å²) in [6.07, 6.45) is -0.274. The first-order valence-electron chi connectivity index (χ1n) is 8.74. The van der Waals surface area contributed by atoms with Gasteiger partial charge in [-0.05, 0) is 50.5 Å². The fourth-order valence-corrected chi connectivity index (χ4v) is 2.91. The third-order valence-electron chi connectivity index (χ3n) is 3.89. The van der Waals surface area contributed by atoms with Crippen LogP contribution >= 0.6 is 11.6 Å². The van der Waals surface area contributed by atoms with E-state index in [0.717, 1.165) is 11.1 Å². The van der Waals surface area contributed by atoms with Gasteiger partial charge in [-0.25, -0.2) is 9.59 Å². The Hall–Kier alpha value is -2.46. The zero-order chi connectivity index (χ0) is 20.0. The second-order valence-corrected chi connectivity index (χ2v) is 7.58. The molecule has 1 heterocycles. The quantitative estimate of drug-likeness (QED) is 0.584. The van der Waals surface area contributed by atoms with Crippen molar-refractivity contribution in [1.82, 2.24) is 4.90 Å². The lowest BCUT2D eigenvalue weighted by molar-refractivity contribution is 0.0175. The van der Waals surface area contributed by atoms with Crippen LogP contribution in [0.15, 0.2) is 18.2 Å². The van der Waals surface area contributed by atoms with Crippen molar-refractivity contribution in [1.29, 1.82) is 5.26 Å². The summed E-state index contributed by atoms with van der Waals surface area (Å²) in [7, 11) is 0. The van der Waals surface area contributed by atoms with Gasteiger partial charge in [0.1, 0.15) is 5.60 Å². The van der Waals surface area contributed by atoms with E-state index in [-0.39, 0.29) is 19.1 Å². The van der Waals surface area contributed by atoms with E-state index in [1.165, 1.54) is 0 Å². The molecule has 1 aromatic rings. The maximum atomic E-state index is 12.5. The highest BCUT2D eigenvalue weighted by Gasteiger charge is 2.36. The highest BCUT2D eigenvalue weighted by molar-refractivity contribution is 6.17. The molecule has 0 spiro atoms. The van der Waals surface area contributed by atoms with Crippen molar-refractivity contribution in [2.24, 2.45) is 0 Å². The number of nitrogens with one attached hydrogen (secondary N) is 1. The summed E-state index contributed by atoms with van der Waals surface area (Å²) in [4.78, 5) is 25.8. The number of hydrogen-bond donors (Lipinski definition) is 1. The number of fused-ring (bicyclic) bond motifs is 1. The van der Waals surface area contributed by atoms with Gasteiger partial charge in [-0.15, -0.1) is 11.6 Å². The predicted octanol–water partition coefficient (Wildman–Crippen LogP) is 4.57. The first-order valence-corrected chi connectivity index (χ1v) is 9.27. The van der Waals surface area contributed by atoms with Crippen LogP contribution in [0.4, 0.5) is 15.3 Å². The van der Waals surface area contributed by atoms with Gasteiger partial charge in [-0.3, -0.25) is 10.2 Å². The minimum Gasteiger partial charge on any atom is -0.449 e. The molecule has 0 saturated carbocycles. The lowest BCUT2D eigenvalue weighted by Crippen LogP contribution is -2.35. The Morgan fingerprint density at radius 3 is 2.78 bits per heavy atom. The van der Waals surface area contributed by atoms with Gasteiger partial charge in [-0.1, -0.05) is 6.07 Å². The predicted molar refractivity (Wildman–Crippen MR) is 101 cm³/mol. The molecule has 27 heavy (non-hydrogen) atoms. The van der Waals surface area contributed by atoms with Crippen LogP contribution in [0.1, 0.15) is 50.8 Å². The average Bonchev–Trinajstić information content (AvgIpc) is 2.92. The van der Waals surface area contributed by atoms with Crippen LogP contribution in [0, 0.1) is 11.3 Å². The summed E-state index contributed by atoms with van der Waals surface area (Å²) in [6, 6.07) is 7.08. The molecule has 1 aromatic carbocycles. The van der Waals surface area contributed by atoms with Crippen molar-refractivity contribution in [3.63, 3.8) is 0 Å². The van der Waals surface area contributed by atoms with Gasteiger partial charge in [0.2, 0.25) is 0 Å². The Balaban J connectivity index is 2.13. The van der Waals surface area contributed by atoms with Gasteiger partial charge >= 0.3 is 12.2 Å². The third kappa shape index (κ3) is 5.76. The van der Waals surface area contributed by atoms with Gasteiger partial charge in [0.25, 0.3) is 0 Å². The summed E-state index contributed by atoms with van der Waals surface area (Å²) < 4.78 is 10.5. The normalized spacial score (nSPS) is 15.7. The molecule has 2 rings (SSSR count). The summed E-state index contributed by atoms with van der Waals surface area (Å²) in [5.74, 6) is 0.424. The van der Waals surface area contributed by atoms with E-state index in [2.05, 4.69) is 11.4 Å². The van der Waals surface area contributed by atoms with Crippen molar-refractivity contribution in [3.8, 4) is 6.07 Å². The Morgan fingerprint density at radius 2 is 2.15 bits per heavy atom. The number of nitrogens with zero attached hydrogens (tertiary/aromatic N) is 2. The lowest BCUT2D eigenvalue weighted by atomic mass is 10.0. The number of anilines is 1. The molecule has 1 aliphatic rings. The second-order valence-electron chi connectivity index (χ2n) is 7.20. The maximum absolute atomic E-state index is 12.5. The fraction of sp³-hybridized carbons (Fsp3) is 0.526. The number of ether oxygens (including phenoxy) is 2. The van der Waals surface area contributed by atoms with Gasteiger partial charge in [0, 0.05) is 11.6 Å². The number of carbonyl (C=O) groups excluding carboxylic acids is 2. The molecule has 146 valence electrons. The van der Waals surface area contributed by atoms with Crippen molar-refractivity contribution in [3.05, 3.63) is 29.3 Å². The van der Waals surface area contributed by atoms with E-state index in [0.29, 0.717) is 24.5 Å². The zero-order valence-electron chi connectivity index (χ0n) is 15.8. The highest BCUT2D eigenvalue weighted by Crippen LogP contribution is 2.38. The zero-order valence-corrected chi connectivity index (χ0v) is 16.5. The molecule has 0 saturated heterocycles. The number of carbonyl (C=O) groups is 2. The Bertz CT molecular complexity index is 739. The van der Waals surface area contributed by atoms with E-state index >= 15 is 0 Å². The number of alkyl halides is 1. The van der Waals surface area contributed by atoms with Gasteiger partial charge in [-0.2, -0.15) is 5.26 Å². The number of benzene rings is 1. The number of rotatable bonds is 5. The molecule has 1 N–H and O–H groups in total. The minimum atomic E-state index is -0.622. The van der Waals surface area contributed by atoms with Gasteiger partial charge in [0.15, 0.2) is 0 Å². The molecule has 1 aliphatic heterocycles. The van der Waals surface area contributed by atoms with Crippen molar-refractivity contribution in [2.45, 2.75) is 51.8 Å². The number of nitriles is 1. The van der Waals surface area contributed by atoms with E-state index in [9.17, 15) is 9.59 Å². The Kier molecular flexibility index (Phi) is 6.92. The van der Waals surface area contributed by atoms with Crippen LogP contribution in [0.3, 0.4) is 0 Å². The second kappa shape index (κ2) is 8.96. The molecular formula is C19H24ClN3O4. The standard InChI is InChI=1S/C19H24ClN3O4/c1-19(2,3)27-18(25)23-12-13-11-14(22-17(24)26-10-4-8-20)5-6-15(13)16(23)7-9-21/h5-6,11,16H,4,7-8,10,12H2,1-3H3,(H,22,24). The number of amides is 2. The molecule has 0 bridgehead atoms. The molecule has 1 unspecified atom stereocenters. The van der Waals surface area contributed by atoms with E-state index in [1.54, 1.807) is 37.8 Å². The summed E-state index contributed by atoms with van der Waals surface area (Å²) >= 11 is 5.55. The Morgan fingerprint density at radius 1 is 1.41 bits per heavy atom. The van der Waals surface area contributed by atoms with Crippen LogP contribution < -0.4 is 5.32 Å². The average molecular weight is 394 g/mol. The van der Waals surface area contributed by atoms with Crippen LogP contribution in [0.25, 0.3) is 0 Å². The topological polar surface area (TPSA) is 91.7 Å². The summed E-state index contributed by atoms with van der Waals surface area (Å²) in [5.41, 5.74) is 1.68. The highest BCUT2D eigenvalue weighted by atomic mass is 35.5. The molecule has 0 aliphatic carbocycles. The first kappa shape index (κ1) is 20.8. The lowest BCUT2D eigenvalue weighted by Gasteiger charge is -2.27. The SMILES string of the molecule is CC(C)(C)OC(=O)N1Cc2cc(NC(=O)OCCCCl)ccc2C1CC#N. The van der Waals surface area contributed by atoms with Crippen molar-refractivity contribution in [2.75, 3.05) is 17.8 Å². The first-order chi connectivity index (χ1) is 12.7. The van der Waals surface area contributed by atoms with Gasteiger partial charge < -0.3 is 9.47 Å². The summed E-state index contributed by atoms with van der Waals surface area (Å²) in [6.45, 7) is 5.95. The van der Waals surface area contributed by atoms with Gasteiger partial charge in [0.05, 0.1) is 31.7 Å². The monoisotopic (exact) mass is 393 g/mol. The Labute approximate surface area is 164 Å². The number of halogens is 1. The van der Waals surface area contributed by atoms with Crippen LogP contribution in [-0.2, 0) is 16.0 Å². The van der Waals surface area contributed by atoms with Crippen LogP contribution in [0.2, 0.25) is 0 Å². The molecule has 0 aromatic heterocycles. The van der Waals surface area contributed by atoms with Crippen LogP contribution in [-0.4, -0.2) is 35.2 Å². The molecule has 0 fully saturated rings.